The van der Waals surface area contributed by atoms with E-state index in [9.17, 15) is 0 Å². The summed E-state index contributed by atoms with van der Waals surface area (Å²) in [6.07, 6.45) is 0. The van der Waals surface area contributed by atoms with Gasteiger partial charge in [-0.05, 0) is 59.6 Å². The van der Waals surface area contributed by atoms with Crippen LogP contribution in [0.3, 0.4) is 0 Å². The lowest BCUT2D eigenvalue weighted by atomic mass is 9.87. The zero-order valence-electron chi connectivity index (χ0n) is 14.2. The quantitative estimate of drug-likeness (QED) is 0.579. The molecule has 0 spiro atoms. The third kappa shape index (κ3) is 6.02. The highest BCUT2D eigenvalue weighted by molar-refractivity contribution is 7.80. The third-order valence-electron chi connectivity index (χ3n) is 3.48. The molecule has 128 valence electrons. The summed E-state index contributed by atoms with van der Waals surface area (Å²) in [7, 11) is 0. The molecule has 2 rings (SSSR count). The van der Waals surface area contributed by atoms with Crippen LogP contribution < -0.4 is 15.4 Å². The summed E-state index contributed by atoms with van der Waals surface area (Å²) < 4.78 is 5.72. The maximum atomic E-state index is 5.85. The minimum atomic E-state index is 0.152. The molecule has 0 unspecified atom stereocenters. The molecule has 0 fully saturated rings. The Labute approximate surface area is 154 Å². The van der Waals surface area contributed by atoms with E-state index in [1.54, 1.807) is 0 Å². The van der Waals surface area contributed by atoms with Gasteiger partial charge in [0.05, 0.1) is 6.54 Å². The van der Waals surface area contributed by atoms with Crippen molar-refractivity contribution in [3.63, 3.8) is 0 Å². The lowest BCUT2D eigenvalue weighted by Gasteiger charge is -2.19. The lowest BCUT2D eigenvalue weighted by molar-refractivity contribution is 0.322. The average Bonchev–Trinajstić information content (AvgIpc) is 2.53. The van der Waals surface area contributed by atoms with Crippen LogP contribution in [0.4, 0.5) is 5.69 Å². The summed E-state index contributed by atoms with van der Waals surface area (Å²) in [5, 5.41) is 7.47. The highest BCUT2D eigenvalue weighted by atomic mass is 35.5. The Bertz CT molecular complexity index is 663. The molecule has 0 saturated carbocycles. The summed E-state index contributed by atoms with van der Waals surface area (Å²) in [6.45, 7) is 7.75. The normalized spacial score (nSPS) is 11.0. The molecule has 2 aromatic carbocycles. The average molecular weight is 363 g/mol. The van der Waals surface area contributed by atoms with Gasteiger partial charge in [-0.3, -0.25) is 0 Å². The summed E-state index contributed by atoms with van der Waals surface area (Å²) in [5.74, 6) is 0.862. The number of benzene rings is 2. The van der Waals surface area contributed by atoms with Crippen molar-refractivity contribution in [1.29, 1.82) is 0 Å². The van der Waals surface area contributed by atoms with Crippen LogP contribution in [0.25, 0.3) is 0 Å². The second-order valence-corrected chi connectivity index (χ2v) is 7.36. The molecular weight excluding hydrogens is 340 g/mol. The molecule has 0 aromatic heterocycles. The highest BCUT2D eigenvalue weighted by Gasteiger charge is 2.12. The van der Waals surface area contributed by atoms with Gasteiger partial charge in [0.25, 0.3) is 0 Å². The Kier molecular flexibility index (Phi) is 6.46. The Balaban J connectivity index is 1.70. The maximum absolute atomic E-state index is 5.85. The van der Waals surface area contributed by atoms with E-state index in [-0.39, 0.29) is 5.41 Å². The van der Waals surface area contributed by atoms with E-state index in [1.807, 2.05) is 36.4 Å². The third-order valence-corrected chi connectivity index (χ3v) is 3.98. The van der Waals surface area contributed by atoms with E-state index >= 15 is 0 Å². The van der Waals surface area contributed by atoms with Gasteiger partial charge >= 0.3 is 0 Å². The van der Waals surface area contributed by atoms with Crippen molar-refractivity contribution < 1.29 is 4.74 Å². The number of halogens is 1. The van der Waals surface area contributed by atoms with Crippen LogP contribution in [0.1, 0.15) is 26.3 Å². The van der Waals surface area contributed by atoms with E-state index in [2.05, 4.69) is 43.5 Å². The summed E-state index contributed by atoms with van der Waals surface area (Å²) in [5.41, 5.74) is 2.34. The molecule has 0 amide bonds. The minimum Gasteiger partial charge on any atom is -0.492 e. The SMILES string of the molecule is CC(C)(C)c1ccc(OCCNC(=S)Nc2ccc(Cl)cc2)cc1. The molecule has 3 nitrogen and oxygen atoms in total. The molecule has 0 aliphatic heterocycles. The van der Waals surface area contributed by atoms with E-state index in [0.717, 1.165) is 11.4 Å². The number of nitrogens with one attached hydrogen (secondary N) is 2. The molecule has 0 bridgehead atoms. The fourth-order valence-corrected chi connectivity index (χ4v) is 2.44. The second kappa shape index (κ2) is 8.36. The first-order valence-corrected chi connectivity index (χ1v) is 8.67. The zero-order valence-corrected chi connectivity index (χ0v) is 15.8. The first-order valence-electron chi connectivity index (χ1n) is 7.88. The van der Waals surface area contributed by atoms with Crippen LogP contribution in [0.15, 0.2) is 48.5 Å². The Hall–Kier alpha value is -1.78. The van der Waals surface area contributed by atoms with Gasteiger partial charge in [-0.2, -0.15) is 0 Å². The topological polar surface area (TPSA) is 33.3 Å². The van der Waals surface area contributed by atoms with Crippen molar-refractivity contribution in [2.75, 3.05) is 18.5 Å². The van der Waals surface area contributed by atoms with Gasteiger partial charge in [0.1, 0.15) is 12.4 Å². The first-order chi connectivity index (χ1) is 11.3. The fraction of sp³-hybridized carbons (Fsp3) is 0.316. The molecule has 0 aliphatic rings. The molecule has 0 saturated heterocycles. The molecule has 2 N–H and O–H groups in total. The van der Waals surface area contributed by atoms with E-state index in [0.29, 0.717) is 23.3 Å². The molecule has 2 aromatic rings. The Morgan fingerprint density at radius 2 is 1.67 bits per heavy atom. The maximum Gasteiger partial charge on any atom is 0.170 e. The number of hydrogen-bond donors (Lipinski definition) is 2. The van der Waals surface area contributed by atoms with Crippen molar-refractivity contribution in [2.45, 2.75) is 26.2 Å². The van der Waals surface area contributed by atoms with Crippen molar-refractivity contribution in [1.82, 2.24) is 5.32 Å². The van der Waals surface area contributed by atoms with Gasteiger partial charge in [0.15, 0.2) is 5.11 Å². The standard InChI is InChI=1S/C19H23ClN2OS/c1-19(2,3)14-4-10-17(11-5-14)23-13-12-21-18(24)22-16-8-6-15(20)7-9-16/h4-11H,12-13H2,1-3H3,(H2,21,22,24). The van der Waals surface area contributed by atoms with Crippen molar-refractivity contribution in [2.24, 2.45) is 0 Å². The van der Waals surface area contributed by atoms with Crippen LogP contribution in [-0.2, 0) is 5.41 Å². The smallest absolute Gasteiger partial charge is 0.170 e. The fourth-order valence-electron chi connectivity index (χ4n) is 2.09. The summed E-state index contributed by atoms with van der Waals surface area (Å²) in [4.78, 5) is 0. The van der Waals surface area contributed by atoms with Gasteiger partial charge in [-0.15, -0.1) is 0 Å². The predicted octanol–water partition coefficient (Wildman–Crippen LogP) is 5.00. The second-order valence-electron chi connectivity index (χ2n) is 6.51. The van der Waals surface area contributed by atoms with Crippen LogP contribution in [0.2, 0.25) is 5.02 Å². The van der Waals surface area contributed by atoms with Gasteiger partial charge in [0, 0.05) is 10.7 Å². The number of anilines is 1. The van der Waals surface area contributed by atoms with Crippen LogP contribution in [0.5, 0.6) is 5.75 Å². The number of rotatable bonds is 5. The Morgan fingerprint density at radius 3 is 2.25 bits per heavy atom. The summed E-state index contributed by atoms with van der Waals surface area (Å²) in [6, 6.07) is 15.6. The molecule has 0 heterocycles. The van der Waals surface area contributed by atoms with E-state index in [4.69, 9.17) is 28.6 Å². The molecule has 5 heteroatoms. The highest BCUT2D eigenvalue weighted by Crippen LogP contribution is 2.24. The predicted molar refractivity (Wildman–Crippen MR) is 106 cm³/mol. The van der Waals surface area contributed by atoms with Gasteiger partial charge in [-0.1, -0.05) is 44.5 Å². The van der Waals surface area contributed by atoms with Crippen LogP contribution in [-0.4, -0.2) is 18.3 Å². The zero-order chi connectivity index (χ0) is 17.6. The van der Waals surface area contributed by atoms with Gasteiger partial charge < -0.3 is 15.4 Å². The monoisotopic (exact) mass is 362 g/mol. The molecule has 24 heavy (non-hydrogen) atoms. The molecular formula is C19H23ClN2OS. The number of thiocarbonyl (C=S) groups is 1. The van der Waals surface area contributed by atoms with E-state index < -0.39 is 0 Å². The largest absolute Gasteiger partial charge is 0.492 e. The molecule has 0 atom stereocenters. The van der Waals surface area contributed by atoms with Crippen molar-refractivity contribution in [3.8, 4) is 5.75 Å². The molecule has 0 aliphatic carbocycles. The Morgan fingerprint density at radius 1 is 1.04 bits per heavy atom. The van der Waals surface area contributed by atoms with Gasteiger partial charge in [0.2, 0.25) is 0 Å². The van der Waals surface area contributed by atoms with Crippen molar-refractivity contribution in [3.05, 3.63) is 59.1 Å². The number of ether oxygens (including phenoxy) is 1. The van der Waals surface area contributed by atoms with Gasteiger partial charge in [-0.25, -0.2) is 0 Å². The van der Waals surface area contributed by atoms with Crippen LogP contribution >= 0.6 is 23.8 Å². The summed E-state index contributed by atoms with van der Waals surface area (Å²) >= 11 is 11.1. The minimum absolute atomic E-state index is 0.152. The van der Waals surface area contributed by atoms with E-state index in [1.165, 1.54) is 5.56 Å². The van der Waals surface area contributed by atoms with Crippen LogP contribution in [0, 0.1) is 0 Å². The lowest BCUT2D eigenvalue weighted by Crippen LogP contribution is -2.31. The first kappa shape index (κ1) is 18.6. The number of hydrogen-bond acceptors (Lipinski definition) is 2. The molecule has 0 radical (unpaired) electrons. The van der Waals surface area contributed by atoms with Crippen molar-refractivity contribution >= 4 is 34.6 Å².